The first-order valence-electron chi connectivity index (χ1n) is 8.84. The minimum absolute atomic E-state index is 0.252. The summed E-state index contributed by atoms with van der Waals surface area (Å²) in [6, 6.07) is 22.5. The van der Waals surface area contributed by atoms with Crippen molar-refractivity contribution in [3.05, 3.63) is 96.1 Å². The Bertz CT molecular complexity index is 1060. The number of rotatable bonds is 4. The Balaban J connectivity index is 1.48. The van der Waals surface area contributed by atoms with Crippen molar-refractivity contribution < 1.29 is 14.7 Å². The molecule has 4 nitrogen and oxygen atoms in total. The number of hydrogen-bond acceptors (Lipinski definition) is 3. The molecule has 28 heavy (non-hydrogen) atoms. The minimum atomic E-state index is -0.317. The fraction of sp³-hybridized carbons (Fsp3) is 0. The maximum Gasteiger partial charge on any atom is 0.258 e. The average molecular weight is 367 g/mol. The molecule has 0 fully saturated rings. The van der Waals surface area contributed by atoms with Gasteiger partial charge in [0.15, 0.2) is 0 Å². The molecule has 0 saturated heterocycles. The van der Waals surface area contributed by atoms with Crippen LogP contribution in [0.5, 0.6) is 5.75 Å². The summed E-state index contributed by atoms with van der Waals surface area (Å²) >= 11 is 0. The molecule has 3 aromatic carbocycles. The van der Waals surface area contributed by atoms with Crippen LogP contribution in [0.15, 0.2) is 84.9 Å². The summed E-state index contributed by atoms with van der Waals surface area (Å²) in [7, 11) is 0. The van der Waals surface area contributed by atoms with E-state index in [4.69, 9.17) is 0 Å². The zero-order chi connectivity index (χ0) is 19.5. The van der Waals surface area contributed by atoms with Crippen LogP contribution in [0.25, 0.3) is 23.3 Å². The highest BCUT2D eigenvalue weighted by atomic mass is 16.3. The van der Waals surface area contributed by atoms with E-state index in [1.54, 1.807) is 24.3 Å². The predicted octanol–water partition coefficient (Wildman–Crippen LogP) is 4.66. The minimum Gasteiger partial charge on any atom is -0.508 e. The topological polar surface area (TPSA) is 57.6 Å². The average Bonchev–Trinajstić information content (AvgIpc) is 3.06. The van der Waals surface area contributed by atoms with Crippen LogP contribution in [-0.4, -0.2) is 16.9 Å². The number of carbonyl (C=O) groups is 2. The van der Waals surface area contributed by atoms with Gasteiger partial charge in [-0.2, -0.15) is 0 Å². The van der Waals surface area contributed by atoms with E-state index in [9.17, 15) is 14.7 Å². The summed E-state index contributed by atoms with van der Waals surface area (Å²) in [5, 5.41) is 9.32. The predicted molar refractivity (Wildman–Crippen MR) is 111 cm³/mol. The molecule has 0 atom stereocenters. The Kier molecular flexibility index (Phi) is 4.60. The van der Waals surface area contributed by atoms with Crippen LogP contribution in [0.4, 0.5) is 5.69 Å². The summed E-state index contributed by atoms with van der Waals surface area (Å²) in [5.74, 6) is -0.382. The van der Waals surface area contributed by atoms with Gasteiger partial charge in [0.2, 0.25) is 0 Å². The van der Waals surface area contributed by atoms with Crippen molar-refractivity contribution in [1.82, 2.24) is 0 Å². The first-order chi connectivity index (χ1) is 13.6. The first-order valence-corrected chi connectivity index (χ1v) is 8.84. The fourth-order valence-electron chi connectivity index (χ4n) is 3.02. The molecule has 0 aliphatic carbocycles. The highest BCUT2D eigenvalue weighted by Crippen LogP contribution is 2.25. The van der Waals surface area contributed by atoms with Crippen LogP contribution < -0.4 is 4.90 Å². The molecule has 0 spiro atoms. The Morgan fingerprint density at radius 1 is 0.607 bits per heavy atom. The van der Waals surface area contributed by atoms with Crippen LogP contribution in [0, 0.1) is 0 Å². The molecule has 1 N–H and O–H groups in total. The van der Waals surface area contributed by atoms with Gasteiger partial charge in [-0.05, 0) is 46.5 Å². The van der Waals surface area contributed by atoms with Crippen LogP contribution in [0.3, 0.4) is 0 Å². The normalized spacial score (nSPS) is 13.6. The van der Waals surface area contributed by atoms with E-state index in [1.807, 2.05) is 60.7 Å². The summed E-state index contributed by atoms with van der Waals surface area (Å²) in [6.07, 6.45) is 6.56. The number of carbonyl (C=O) groups excluding carboxylic acids is 2. The van der Waals surface area contributed by atoms with E-state index in [2.05, 4.69) is 0 Å². The van der Waals surface area contributed by atoms with E-state index >= 15 is 0 Å². The van der Waals surface area contributed by atoms with Gasteiger partial charge in [0, 0.05) is 12.2 Å². The largest absolute Gasteiger partial charge is 0.508 e. The molecular formula is C24H17NO3. The highest BCUT2D eigenvalue weighted by molar-refractivity contribution is 6.28. The lowest BCUT2D eigenvalue weighted by Gasteiger charge is -2.14. The molecule has 136 valence electrons. The second kappa shape index (κ2) is 7.37. The van der Waals surface area contributed by atoms with Gasteiger partial charge in [-0.3, -0.25) is 9.59 Å². The first kappa shape index (κ1) is 17.5. The molecule has 4 heteroatoms. The van der Waals surface area contributed by atoms with Crippen molar-refractivity contribution in [1.29, 1.82) is 0 Å². The number of imide groups is 1. The molecule has 1 aliphatic heterocycles. The number of hydrogen-bond donors (Lipinski definition) is 1. The van der Waals surface area contributed by atoms with Gasteiger partial charge in [-0.1, -0.05) is 60.7 Å². The van der Waals surface area contributed by atoms with Crippen molar-refractivity contribution in [3.8, 4) is 16.9 Å². The van der Waals surface area contributed by atoms with Crippen LogP contribution in [0.1, 0.15) is 11.1 Å². The van der Waals surface area contributed by atoms with Gasteiger partial charge < -0.3 is 5.11 Å². The van der Waals surface area contributed by atoms with Crippen LogP contribution in [0.2, 0.25) is 0 Å². The van der Waals surface area contributed by atoms with Crippen molar-refractivity contribution >= 4 is 29.7 Å². The SMILES string of the molecule is O=C1C=CC(=O)N1c1ccc(-c2ccc(/C=C/c3ccc(O)cc3)cc2)cc1. The zero-order valence-corrected chi connectivity index (χ0v) is 14.9. The maximum absolute atomic E-state index is 11.8. The summed E-state index contributed by atoms with van der Waals surface area (Å²) in [4.78, 5) is 24.7. The molecule has 0 aromatic heterocycles. The number of nitrogens with zero attached hydrogens (tertiary/aromatic N) is 1. The number of aromatic hydroxyl groups is 1. The molecule has 3 aromatic rings. The quantitative estimate of drug-likeness (QED) is 0.539. The Labute approximate surface area is 162 Å². The smallest absolute Gasteiger partial charge is 0.258 e. The molecule has 1 aliphatic rings. The van der Waals surface area contributed by atoms with Crippen molar-refractivity contribution in [2.24, 2.45) is 0 Å². The zero-order valence-electron chi connectivity index (χ0n) is 14.9. The second-order valence-electron chi connectivity index (χ2n) is 6.44. The van der Waals surface area contributed by atoms with Gasteiger partial charge >= 0.3 is 0 Å². The maximum atomic E-state index is 11.8. The number of benzene rings is 3. The number of phenols is 1. The summed E-state index contributed by atoms with van der Waals surface area (Å²) in [6.45, 7) is 0. The lowest BCUT2D eigenvalue weighted by Crippen LogP contribution is -2.29. The van der Waals surface area contributed by atoms with Gasteiger partial charge in [0.05, 0.1) is 5.69 Å². The summed E-state index contributed by atoms with van der Waals surface area (Å²) in [5.41, 5.74) is 4.69. The van der Waals surface area contributed by atoms with Gasteiger partial charge in [-0.15, -0.1) is 0 Å². The molecule has 1 heterocycles. The van der Waals surface area contributed by atoms with Crippen molar-refractivity contribution in [2.75, 3.05) is 4.90 Å². The monoisotopic (exact) mass is 367 g/mol. The van der Waals surface area contributed by atoms with E-state index < -0.39 is 0 Å². The third-order valence-corrected chi connectivity index (χ3v) is 4.54. The van der Waals surface area contributed by atoms with E-state index in [0.717, 1.165) is 27.2 Å². The highest BCUT2D eigenvalue weighted by Gasteiger charge is 2.24. The van der Waals surface area contributed by atoms with E-state index in [0.29, 0.717) is 5.69 Å². The standard InChI is InChI=1S/C24H17NO3/c26-22-13-5-18(6-14-22)2-1-17-3-7-19(8-4-17)20-9-11-21(12-10-20)25-23(27)15-16-24(25)28/h1-16,26H/b2-1+. The lowest BCUT2D eigenvalue weighted by molar-refractivity contribution is -0.119. The van der Waals surface area contributed by atoms with E-state index in [1.165, 1.54) is 12.2 Å². The number of phenolic OH excluding ortho intramolecular Hbond substituents is 1. The van der Waals surface area contributed by atoms with Crippen molar-refractivity contribution in [3.63, 3.8) is 0 Å². The Morgan fingerprint density at radius 2 is 1.04 bits per heavy atom. The number of amides is 2. The molecule has 0 bridgehead atoms. The molecule has 4 rings (SSSR count). The second-order valence-corrected chi connectivity index (χ2v) is 6.44. The molecular weight excluding hydrogens is 350 g/mol. The number of anilines is 1. The Hall–Kier alpha value is -3.92. The molecule has 0 saturated carbocycles. The third kappa shape index (κ3) is 3.62. The van der Waals surface area contributed by atoms with E-state index in [-0.39, 0.29) is 17.6 Å². The molecule has 0 radical (unpaired) electrons. The Morgan fingerprint density at radius 3 is 1.54 bits per heavy atom. The van der Waals surface area contributed by atoms with Crippen LogP contribution in [-0.2, 0) is 9.59 Å². The van der Waals surface area contributed by atoms with Gasteiger partial charge in [0.25, 0.3) is 11.8 Å². The van der Waals surface area contributed by atoms with Gasteiger partial charge in [-0.25, -0.2) is 4.90 Å². The lowest BCUT2D eigenvalue weighted by atomic mass is 10.0. The molecule has 0 unspecified atom stereocenters. The van der Waals surface area contributed by atoms with Crippen LogP contribution >= 0.6 is 0 Å². The van der Waals surface area contributed by atoms with Crippen molar-refractivity contribution in [2.45, 2.75) is 0 Å². The van der Waals surface area contributed by atoms with Gasteiger partial charge in [0.1, 0.15) is 5.75 Å². The third-order valence-electron chi connectivity index (χ3n) is 4.54. The fourth-order valence-corrected chi connectivity index (χ4v) is 3.02. The summed E-state index contributed by atoms with van der Waals surface area (Å²) < 4.78 is 0. The molecule has 2 amide bonds.